The lowest BCUT2D eigenvalue weighted by molar-refractivity contribution is 0.0500. The Hall–Kier alpha value is -1.76. The van der Waals surface area contributed by atoms with Gasteiger partial charge in [-0.2, -0.15) is 9.97 Å². The van der Waals surface area contributed by atoms with Gasteiger partial charge in [-0.05, 0) is 33.6 Å². The van der Waals surface area contributed by atoms with Crippen LogP contribution in [-0.2, 0) is 4.74 Å². The van der Waals surface area contributed by atoms with Gasteiger partial charge >= 0.3 is 12.1 Å². The van der Waals surface area contributed by atoms with Crippen LogP contribution >= 0.6 is 11.6 Å². The van der Waals surface area contributed by atoms with Crippen molar-refractivity contribution >= 4 is 23.5 Å². The van der Waals surface area contributed by atoms with Gasteiger partial charge in [-0.1, -0.05) is 11.6 Å². The van der Waals surface area contributed by atoms with E-state index in [1.54, 1.807) is 6.07 Å². The highest BCUT2D eigenvalue weighted by molar-refractivity contribution is 6.29. The summed E-state index contributed by atoms with van der Waals surface area (Å²) in [5, 5.41) is 3.24. The van der Waals surface area contributed by atoms with Gasteiger partial charge in [0, 0.05) is 25.2 Å². The largest absolute Gasteiger partial charge is 0.467 e. The minimum Gasteiger partial charge on any atom is -0.467 e. The molecule has 0 aromatic carbocycles. The molecule has 2 rings (SSSR count). The van der Waals surface area contributed by atoms with Crippen molar-refractivity contribution in [1.82, 2.24) is 15.3 Å². The fourth-order valence-corrected chi connectivity index (χ4v) is 2.59. The van der Waals surface area contributed by atoms with E-state index in [0.717, 1.165) is 19.4 Å². The van der Waals surface area contributed by atoms with Crippen molar-refractivity contribution in [2.24, 2.45) is 0 Å². The van der Waals surface area contributed by atoms with Crippen LogP contribution in [0.4, 0.5) is 10.6 Å². The van der Waals surface area contributed by atoms with Crippen LogP contribution in [0, 0.1) is 0 Å². The van der Waals surface area contributed by atoms with Gasteiger partial charge in [0.25, 0.3) is 0 Å². The number of amides is 1. The van der Waals surface area contributed by atoms with E-state index >= 15 is 0 Å². The molecule has 0 spiro atoms. The van der Waals surface area contributed by atoms with Crippen LogP contribution < -0.4 is 15.0 Å². The normalized spacial score (nSPS) is 18.5. The molecule has 2 heterocycles. The second kappa shape index (κ2) is 7.21. The summed E-state index contributed by atoms with van der Waals surface area (Å²) in [5.74, 6) is 0.692. The van der Waals surface area contributed by atoms with E-state index in [4.69, 9.17) is 21.1 Å². The molecule has 1 aromatic rings. The molecule has 7 nitrogen and oxygen atoms in total. The quantitative estimate of drug-likeness (QED) is 0.851. The Labute approximate surface area is 141 Å². The van der Waals surface area contributed by atoms with Gasteiger partial charge in [-0.25, -0.2) is 4.79 Å². The molecule has 1 N–H and O–H groups in total. The minimum absolute atomic E-state index is 0.00154. The number of anilines is 1. The summed E-state index contributed by atoms with van der Waals surface area (Å²) in [6.45, 7) is 7.00. The smallest absolute Gasteiger partial charge is 0.407 e. The second-order valence-corrected chi connectivity index (χ2v) is 6.85. The summed E-state index contributed by atoms with van der Waals surface area (Å²) in [6, 6.07) is 1.92. The van der Waals surface area contributed by atoms with Crippen molar-refractivity contribution in [2.75, 3.05) is 25.1 Å². The lowest BCUT2D eigenvalue weighted by Crippen LogP contribution is -2.49. The summed E-state index contributed by atoms with van der Waals surface area (Å²) in [5.41, 5.74) is -0.508. The molecule has 8 heteroatoms. The van der Waals surface area contributed by atoms with Gasteiger partial charge in [0.15, 0.2) is 0 Å². The van der Waals surface area contributed by atoms with Gasteiger partial charge in [-0.3, -0.25) is 0 Å². The lowest BCUT2D eigenvalue weighted by Gasteiger charge is -2.34. The Morgan fingerprint density at radius 2 is 2.17 bits per heavy atom. The summed E-state index contributed by atoms with van der Waals surface area (Å²) < 4.78 is 10.4. The Morgan fingerprint density at radius 3 is 2.83 bits per heavy atom. The highest BCUT2D eigenvalue weighted by atomic mass is 35.5. The van der Waals surface area contributed by atoms with Crippen LogP contribution in [-0.4, -0.2) is 47.9 Å². The monoisotopic (exact) mass is 342 g/mol. The first-order valence-corrected chi connectivity index (χ1v) is 7.97. The molecule has 1 aliphatic heterocycles. The number of ether oxygens (including phenoxy) is 2. The lowest BCUT2D eigenvalue weighted by atomic mass is 10.1. The molecule has 1 unspecified atom stereocenters. The third kappa shape index (κ3) is 5.42. The number of hydrogen-bond acceptors (Lipinski definition) is 6. The topological polar surface area (TPSA) is 76.6 Å². The number of alkyl carbamates (subject to hydrolysis) is 1. The Morgan fingerprint density at radius 1 is 1.43 bits per heavy atom. The number of halogens is 1. The molecule has 1 aliphatic rings. The molecule has 1 amide bonds. The van der Waals surface area contributed by atoms with Crippen LogP contribution in [0.2, 0.25) is 5.15 Å². The zero-order chi connectivity index (χ0) is 17.0. The SMILES string of the molecule is COc1nc(Cl)cc(N2CCCC(NC(=O)OC(C)(C)C)C2)n1. The van der Waals surface area contributed by atoms with E-state index < -0.39 is 11.7 Å². The summed E-state index contributed by atoms with van der Waals surface area (Å²) in [7, 11) is 1.50. The van der Waals surface area contributed by atoms with Gasteiger partial charge < -0.3 is 19.7 Å². The number of methoxy groups -OCH3 is 1. The molecular weight excluding hydrogens is 320 g/mol. The van der Waals surface area contributed by atoms with Crippen LogP contribution in [0.25, 0.3) is 0 Å². The number of nitrogens with one attached hydrogen (secondary N) is 1. The number of rotatable bonds is 3. The molecule has 23 heavy (non-hydrogen) atoms. The molecule has 0 bridgehead atoms. The van der Waals surface area contributed by atoms with Gasteiger partial charge in [0.05, 0.1) is 7.11 Å². The molecule has 1 aromatic heterocycles. The molecule has 0 radical (unpaired) electrons. The maximum atomic E-state index is 11.9. The number of piperidine rings is 1. The molecule has 1 atom stereocenters. The first-order chi connectivity index (χ1) is 10.8. The number of nitrogens with zero attached hydrogens (tertiary/aromatic N) is 3. The fourth-order valence-electron chi connectivity index (χ4n) is 2.42. The number of hydrogen-bond donors (Lipinski definition) is 1. The minimum atomic E-state index is -0.508. The summed E-state index contributed by atoms with van der Waals surface area (Å²) in [6.07, 6.45) is 1.43. The second-order valence-electron chi connectivity index (χ2n) is 6.47. The molecule has 1 fully saturated rings. The fraction of sp³-hybridized carbons (Fsp3) is 0.667. The van der Waals surface area contributed by atoms with E-state index in [0.29, 0.717) is 17.5 Å². The van der Waals surface area contributed by atoms with E-state index in [-0.39, 0.29) is 12.1 Å². The standard InChI is InChI=1S/C15H23ClN4O3/c1-15(2,3)23-14(21)17-10-6-5-7-20(9-10)12-8-11(16)18-13(19-12)22-4/h8,10H,5-7,9H2,1-4H3,(H,17,21). The Kier molecular flexibility index (Phi) is 5.51. The van der Waals surface area contributed by atoms with Gasteiger partial charge in [0.1, 0.15) is 16.6 Å². The maximum absolute atomic E-state index is 11.9. The summed E-state index contributed by atoms with van der Waals surface area (Å²) >= 11 is 5.99. The van der Waals surface area contributed by atoms with E-state index in [1.165, 1.54) is 7.11 Å². The van der Waals surface area contributed by atoms with Crippen LogP contribution in [0.15, 0.2) is 6.07 Å². The Bertz CT molecular complexity index is 562. The van der Waals surface area contributed by atoms with Crippen LogP contribution in [0.3, 0.4) is 0 Å². The van der Waals surface area contributed by atoms with E-state index in [2.05, 4.69) is 20.2 Å². The third-order valence-electron chi connectivity index (χ3n) is 3.31. The Balaban J connectivity index is 2.01. The van der Waals surface area contributed by atoms with Crippen molar-refractivity contribution in [3.05, 3.63) is 11.2 Å². The highest BCUT2D eigenvalue weighted by Gasteiger charge is 2.25. The zero-order valence-corrected chi connectivity index (χ0v) is 14.7. The molecular formula is C15H23ClN4O3. The average Bonchev–Trinajstić information content (AvgIpc) is 2.44. The number of carbonyl (C=O) groups is 1. The van der Waals surface area contributed by atoms with Crippen molar-refractivity contribution in [2.45, 2.75) is 45.3 Å². The van der Waals surface area contributed by atoms with Crippen molar-refractivity contribution in [1.29, 1.82) is 0 Å². The van der Waals surface area contributed by atoms with Crippen molar-refractivity contribution in [3.8, 4) is 6.01 Å². The van der Waals surface area contributed by atoms with E-state index in [1.807, 2.05) is 20.8 Å². The van der Waals surface area contributed by atoms with Crippen LogP contribution in [0.1, 0.15) is 33.6 Å². The predicted molar refractivity (Wildman–Crippen MR) is 88.2 cm³/mol. The summed E-state index contributed by atoms with van der Waals surface area (Å²) in [4.78, 5) is 22.2. The molecule has 1 saturated heterocycles. The van der Waals surface area contributed by atoms with Gasteiger partial charge in [0.2, 0.25) is 0 Å². The predicted octanol–water partition coefficient (Wildman–Crippen LogP) is 2.63. The van der Waals surface area contributed by atoms with Crippen molar-refractivity contribution in [3.63, 3.8) is 0 Å². The zero-order valence-electron chi connectivity index (χ0n) is 13.9. The van der Waals surface area contributed by atoms with Gasteiger partial charge in [-0.15, -0.1) is 0 Å². The van der Waals surface area contributed by atoms with Crippen molar-refractivity contribution < 1.29 is 14.3 Å². The first kappa shape index (κ1) is 17.6. The van der Waals surface area contributed by atoms with Crippen LogP contribution in [0.5, 0.6) is 6.01 Å². The first-order valence-electron chi connectivity index (χ1n) is 7.60. The highest BCUT2D eigenvalue weighted by Crippen LogP contribution is 2.23. The number of aromatic nitrogens is 2. The molecule has 0 aliphatic carbocycles. The molecule has 128 valence electrons. The molecule has 0 saturated carbocycles. The third-order valence-corrected chi connectivity index (χ3v) is 3.50. The maximum Gasteiger partial charge on any atom is 0.407 e. The number of carbonyl (C=O) groups excluding carboxylic acids is 1. The van der Waals surface area contributed by atoms with E-state index in [9.17, 15) is 4.79 Å². The average molecular weight is 343 g/mol.